The summed E-state index contributed by atoms with van der Waals surface area (Å²) in [6.45, 7) is 14.1. The Balaban J connectivity index is 4.54. The van der Waals surface area contributed by atoms with E-state index in [1.54, 1.807) is 0 Å². The molecule has 0 aromatic carbocycles. The van der Waals surface area contributed by atoms with E-state index in [1.807, 2.05) is 20.8 Å². The quantitative estimate of drug-likeness (QED) is 0.419. The first kappa shape index (κ1) is 16.8. The van der Waals surface area contributed by atoms with Crippen molar-refractivity contribution in [1.82, 2.24) is 0 Å². The van der Waals surface area contributed by atoms with Gasteiger partial charge in [-0.1, -0.05) is 26.3 Å². The molecule has 0 atom stereocenters. The fourth-order valence-electron chi connectivity index (χ4n) is 1.74. The highest BCUT2D eigenvalue weighted by atomic mass is 28.4. The number of hydrogen-bond donors (Lipinski definition) is 0. The first-order valence-electron chi connectivity index (χ1n) is 6.76. The third kappa shape index (κ3) is 5.81. The minimum Gasteiger partial charge on any atom is -0.371 e. The molecule has 0 aliphatic heterocycles. The van der Waals surface area contributed by atoms with Gasteiger partial charge in [-0.15, -0.1) is 0 Å². The zero-order valence-corrected chi connectivity index (χ0v) is 12.9. The number of allylic oxidation sites excluding steroid dienone is 1. The second-order valence-electron chi connectivity index (χ2n) is 3.92. The van der Waals surface area contributed by atoms with E-state index in [0.29, 0.717) is 19.8 Å². The van der Waals surface area contributed by atoms with Gasteiger partial charge in [-0.05, 0) is 38.8 Å². The summed E-state index contributed by atoms with van der Waals surface area (Å²) < 4.78 is 17.4. The van der Waals surface area contributed by atoms with Crippen LogP contribution in [0.2, 0.25) is 0 Å². The Labute approximate surface area is 108 Å². The summed E-state index contributed by atoms with van der Waals surface area (Å²) in [7, 11) is -2.64. The van der Waals surface area contributed by atoms with Gasteiger partial charge in [0.2, 0.25) is 0 Å². The van der Waals surface area contributed by atoms with E-state index < -0.39 is 8.80 Å². The molecule has 0 unspecified atom stereocenters. The van der Waals surface area contributed by atoms with E-state index in [0.717, 1.165) is 18.0 Å². The molecule has 17 heavy (non-hydrogen) atoms. The van der Waals surface area contributed by atoms with Crippen LogP contribution in [0.4, 0.5) is 0 Å². The molecule has 0 saturated heterocycles. The summed E-state index contributed by atoms with van der Waals surface area (Å²) in [5.41, 5.74) is 0. The molecule has 0 N–H and O–H groups in total. The largest absolute Gasteiger partial charge is 0.532 e. The predicted molar refractivity (Wildman–Crippen MR) is 73.9 cm³/mol. The van der Waals surface area contributed by atoms with E-state index in [-0.39, 0.29) is 0 Å². The molecule has 0 rings (SSSR count). The molecule has 0 saturated carbocycles. The normalized spacial score (nSPS) is 11.8. The maximum absolute atomic E-state index is 5.80. The van der Waals surface area contributed by atoms with E-state index in [1.165, 1.54) is 12.8 Å². The van der Waals surface area contributed by atoms with Crippen LogP contribution in [0.5, 0.6) is 0 Å². The number of unbranched alkanes of at least 4 members (excludes halogenated alkanes) is 2. The Bertz CT molecular complexity index is 190. The first-order chi connectivity index (χ1) is 8.16. The third-order valence-corrected chi connectivity index (χ3v) is 5.64. The Kier molecular flexibility index (Phi) is 9.73. The van der Waals surface area contributed by atoms with Gasteiger partial charge in [0.05, 0.1) is 0 Å². The van der Waals surface area contributed by atoms with Gasteiger partial charge in [0.25, 0.3) is 0 Å². The van der Waals surface area contributed by atoms with Crippen molar-refractivity contribution < 1.29 is 13.3 Å². The lowest BCUT2D eigenvalue weighted by molar-refractivity contribution is 0.0798. The second kappa shape index (κ2) is 9.83. The number of rotatable bonds is 11. The Morgan fingerprint density at radius 2 is 1.35 bits per heavy atom. The highest BCUT2D eigenvalue weighted by Crippen LogP contribution is 2.23. The highest BCUT2D eigenvalue weighted by molar-refractivity contribution is 6.68. The lowest BCUT2D eigenvalue weighted by Crippen LogP contribution is -2.48. The fraction of sp³-hybridized carbons (Fsp3) is 0.846. The fourth-order valence-corrected chi connectivity index (χ4v) is 4.23. The summed E-state index contributed by atoms with van der Waals surface area (Å²) in [6, 6.07) is 0. The lowest BCUT2D eigenvalue weighted by atomic mass is 10.2. The van der Waals surface area contributed by atoms with Crippen molar-refractivity contribution >= 4 is 8.80 Å². The zero-order chi connectivity index (χ0) is 13.1. The molecular weight excluding hydrogens is 232 g/mol. The molecule has 0 fully saturated rings. The molecule has 0 amide bonds. The summed E-state index contributed by atoms with van der Waals surface area (Å²) in [6.07, 6.45) is 4.50. The molecule has 0 aliphatic rings. The molecule has 0 heterocycles. The van der Waals surface area contributed by atoms with Crippen LogP contribution in [0.15, 0.2) is 11.8 Å². The van der Waals surface area contributed by atoms with Gasteiger partial charge in [-0.3, -0.25) is 0 Å². The minimum atomic E-state index is -2.64. The van der Waals surface area contributed by atoms with Crippen molar-refractivity contribution in [3.8, 4) is 0 Å². The number of hydrogen-bond acceptors (Lipinski definition) is 3. The molecule has 0 aliphatic carbocycles. The van der Waals surface area contributed by atoms with Crippen LogP contribution in [0.25, 0.3) is 0 Å². The van der Waals surface area contributed by atoms with Crippen LogP contribution < -0.4 is 0 Å². The molecule has 0 radical (unpaired) electrons. The molecule has 102 valence electrons. The lowest BCUT2D eigenvalue weighted by Gasteiger charge is -2.30. The summed E-state index contributed by atoms with van der Waals surface area (Å²) >= 11 is 0. The van der Waals surface area contributed by atoms with Gasteiger partial charge in [-0.2, -0.15) is 0 Å². The first-order valence-corrected chi connectivity index (χ1v) is 8.49. The molecule has 4 heteroatoms. The van der Waals surface area contributed by atoms with E-state index in [2.05, 4.69) is 13.5 Å². The van der Waals surface area contributed by atoms with Gasteiger partial charge < -0.3 is 13.3 Å². The van der Waals surface area contributed by atoms with Crippen molar-refractivity contribution in [2.45, 2.75) is 53.4 Å². The van der Waals surface area contributed by atoms with Crippen LogP contribution in [0, 0.1) is 0 Å². The standard InChI is InChI=1S/C13H28O3Si/c1-6-10-11-12-13(5)17(14-7-2,15-8-3)16-9-4/h5-12H2,1-4H3. The van der Waals surface area contributed by atoms with E-state index >= 15 is 0 Å². The SMILES string of the molecule is C=C(CCCCC)[Si](OCC)(OCC)OCC. The van der Waals surface area contributed by atoms with Crippen LogP contribution >= 0.6 is 0 Å². The van der Waals surface area contributed by atoms with Crippen LogP contribution in [0.1, 0.15) is 53.4 Å². The smallest absolute Gasteiger partial charge is 0.371 e. The predicted octanol–water partition coefficient (Wildman–Crippen LogP) is 3.71. The van der Waals surface area contributed by atoms with Crippen molar-refractivity contribution in [3.63, 3.8) is 0 Å². The molecule has 0 aromatic rings. The molecule has 3 nitrogen and oxygen atoms in total. The van der Waals surface area contributed by atoms with E-state index in [9.17, 15) is 0 Å². The Morgan fingerprint density at radius 3 is 1.71 bits per heavy atom. The maximum atomic E-state index is 5.80. The third-order valence-electron chi connectivity index (χ3n) is 2.52. The van der Waals surface area contributed by atoms with Crippen molar-refractivity contribution in [2.24, 2.45) is 0 Å². The van der Waals surface area contributed by atoms with Gasteiger partial charge in [0, 0.05) is 19.8 Å². The second-order valence-corrected chi connectivity index (χ2v) is 6.60. The summed E-state index contributed by atoms with van der Waals surface area (Å²) in [5, 5.41) is 1.02. The highest BCUT2D eigenvalue weighted by Gasteiger charge is 2.43. The zero-order valence-electron chi connectivity index (χ0n) is 11.9. The average molecular weight is 260 g/mol. The Hall–Kier alpha value is -0.163. The van der Waals surface area contributed by atoms with Crippen LogP contribution in [0.3, 0.4) is 0 Å². The van der Waals surface area contributed by atoms with Gasteiger partial charge in [-0.25, -0.2) is 0 Å². The van der Waals surface area contributed by atoms with Gasteiger partial charge in [0.1, 0.15) is 0 Å². The molecule has 0 aromatic heterocycles. The van der Waals surface area contributed by atoms with Crippen LogP contribution in [-0.4, -0.2) is 28.6 Å². The van der Waals surface area contributed by atoms with Gasteiger partial charge in [0.15, 0.2) is 0 Å². The van der Waals surface area contributed by atoms with Crippen LogP contribution in [-0.2, 0) is 13.3 Å². The topological polar surface area (TPSA) is 27.7 Å². The maximum Gasteiger partial charge on any atom is 0.532 e. The van der Waals surface area contributed by atoms with Gasteiger partial charge >= 0.3 is 8.80 Å². The van der Waals surface area contributed by atoms with Crippen molar-refractivity contribution in [3.05, 3.63) is 11.8 Å². The van der Waals surface area contributed by atoms with Crippen molar-refractivity contribution in [1.29, 1.82) is 0 Å². The molecular formula is C13H28O3Si. The molecule has 0 bridgehead atoms. The Morgan fingerprint density at radius 1 is 0.882 bits per heavy atom. The summed E-state index contributed by atoms with van der Waals surface area (Å²) in [4.78, 5) is 0. The monoisotopic (exact) mass is 260 g/mol. The summed E-state index contributed by atoms with van der Waals surface area (Å²) in [5.74, 6) is 0. The van der Waals surface area contributed by atoms with Crippen molar-refractivity contribution in [2.75, 3.05) is 19.8 Å². The minimum absolute atomic E-state index is 0.610. The van der Waals surface area contributed by atoms with E-state index in [4.69, 9.17) is 13.3 Å². The average Bonchev–Trinajstić information content (AvgIpc) is 2.30. The molecule has 0 spiro atoms.